The number of hydrogen-bond donors (Lipinski definition) is 3. The van der Waals surface area contributed by atoms with Crippen molar-refractivity contribution in [2.45, 2.75) is 152 Å². The van der Waals surface area contributed by atoms with E-state index in [4.69, 9.17) is 52.1 Å². The predicted octanol–water partition coefficient (Wildman–Crippen LogP) is 9.86. The number of amides is 2. The number of carbonyl (C=O) groups is 4. The smallest absolute Gasteiger partial charge is 0.323 e. The minimum absolute atomic E-state index is 0.0152. The highest BCUT2D eigenvalue weighted by Crippen LogP contribution is 2.35. The standard InChI is InChI=1S/C31H36Cl2N4O3S.C30H35Cl2N5O3S/c1-20-17-27-30(39)36(16-15-23(37(27)19-20)10-7-21-5-3-2-4-6-21)26(12-14-29-34-31(40)41-35-29)28(38)13-9-22-8-11-24(32)25(33)18-22;31-23-10-7-20(16-24(23)32)8-12-27(38)25(11-13-28-34-30(40)41-35-28)36-15-14-22(9-6-19-4-2-1-3-5-19)37-18-21(33)17-26(37)29(36)39/h2-6,8,11,18,20,23,26-27H,7,9-10,12-17,19H2,1H3,(H,34,35,40);1-5,7,10,16,21-22,25-26H,6,8-9,11-15,17-18,33H2,(H,34,35,40)/t20-,23?,26-,27+;21-,22?,25-,26+/m11/s1. The van der Waals surface area contributed by atoms with Gasteiger partial charge >= 0.3 is 9.75 Å². The van der Waals surface area contributed by atoms with Crippen LogP contribution in [0.4, 0.5) is 0 Å². The third kappa shape index (κ3) is 16.2. The van der Waals surface area contributed by atoms with E-state index in [-0.39, 0.29) is 76.2 Å². The number of H-pyrrole nitrogens is 2. The van der Waals surface area contributed by atoms with Gasteiger partial charge in [-0.2, -0.15) is 8.75 Å². The van der Waals surface area contributed by atoms with Crippen molar-refractivity contribution in [1.82, 2.24) is 38.3 Å². The Kier molecular flexibility index (Phi) is 21.9. The van der Waals surface area contributed by atoms with Crippen molar-refractivity contribution in [3.63, 3.8) is 0 Å². The highest BCUT2D eigenvalue weighted by molar-refractivity contribution is 7.03. The first-order valence-corrected chi connectivity index (χ1v) is 31.6. The summed E-state index contributed by atoms with van der Waals surface area (Å²) in [5.74, 6) is 1.54. The summed E-state index contributed by atoms with van der Waals surface area (Å²) in [5.41, 5.74) is 10.8. The van der Waals surface area contributed by atoms with E-state index < -0.39 is 12.1 Å². The number of aromatic amines is 2. The molecule has 436 valence electrons. The van der Waals surface area contributed by atoms with Crippen molar-refractivity contribution >= 4 is 92.8 Å². The third-order valence-electron chi connectivity index (χ3n) is 16.7. The van der Waals surface area contributed by atoms with E-state index in [0.29, 0.717) is 102 Å². The number of aryl methyl sites for hydroxylation is 6. The Hall–Kier alpha value is -5.08. The average Bonchev–Trinajstić information content (AvgIpc) is 4.38. The maximum Gasteiger partial charge on any atom is 0.323 e. The first-order valence-electron chi connectivity index (χ1n) is 28.6. The lowest BCUT2D eigenvalue weighted by molar-refractivity contribution is -0.142. The van der Waals surface area contributed by atoms with Gasteiger partial charge in [0.25, 0.3) is 0 Å². The summed E-state index contributed by atoms with van der Waals surface area (Å²) in [6.07, 6.45) is 9.92. The zero-order valence-electron chi connectivity index (χ0n) is 46.0. The predicted molar refractivity (Wildman–Crippen MR) is 326 cm³/mol. The van der Waals surface area contributed by atoms with Gasteiger partial charge in [-0.1, -0.05) is 126 Å². The molecule has 0 spiro atoms. The molecule has 0 saturated carbocycles. The van der Waals surface area contributed by atoms with Gasteiger partial charge in [-0.25, -0.2) is 0 Å². The van der Waals surface area contributed by atoms with Crippen LogP contribution in [0.25, 0.3) is 0 Å². The topological polar surface area (TPSA) is 199 Å². The summed E-state index contributed by atoms with van der Waals surface area (Å²) < 4.78 is 8.37. The van der Waals surface area contributed by atoms with Gasteiger partial charge in [-0.3, -0.25) is 48.5 Å². The molecule has 4 aliphatic heterocycles. The lowest BCUT2D eigenvalue weighted by Gasteiger charge is -2.32. The number of fused-ring (bicyclic) bond motifs is 2. The number of halogens is 4. The van der Waals surface area contributed by atoms with Crippen molar-refractivity contribution in [2.75, 3.05) is 26.2 Å². The molecule has 6 aromatic rings. The van der Waals surface area contributed by atoms with Gasteiger partial charge in [0.05, 0.1) is 44.3 Å². The summed E-state index contributed by atoms with van der Waals surface area (Å²) in [5, 5.41) is 1.85. The van der Waals surface area contributed by atoms with Crippen LogP contribution in [0.3, 0.4) is 0 Å². The molecule has 2 unspecified atom stereocenters. The summed E-state index contributed by atoms with van der Waals surface area (Å²) in [6, 6.07) is 30.3. The zero-order valence-corrected chi connectivity index (χ0v) is 50.7. The number of aromatic nitrogens is 4. The molecule has 2 amide bonds. The Bertz CT molecular complexity index is 3040. The average molecular weight is 1230 g/mol. The molecule has 6 heterocycles. The Balaban J connectivity index is 0.000000198. The van der Waals surface area contributed by atoms with Crippen LogP contribution in [-0.4, -0.2) is 130 Å². The molecule has 8 atom stereocenters. The van der Waals surface area contributed by atoms with Gasteiger partial charge in [0.1, 0.15) is 11.6 Å². The van der Waals surface area contributed by atoms with E-state index in [2.05, 4.69) is 71.8 Å². The lowest BCUT2D eigenvalue weighted by Crippen LogP contribution is -2.50. The summed E-state index contributed by atoms with van der Waals surface area (Å²) in [7, 11) is 0. The molecule has 4 saturated heterocycles. The molecule has 4 aliphatic rings. The Morgan fingerprint density at radius 3 is 1.44 bits per heavy atom. The van der Waals surface area contributed by atoms with Gasteiger partial charge in [-0.15, -0.1) is 0 Å². The summed E-state index contributed by atoms with van der Waals surface area (Å²) >= 11 is 26.3. The fraction of sp³-hybridized carbons (Fsp3) is 0.475. The number of hydrogen-bond acceptors (Lipinski definition) is 13. The molecule has 0 bridgehead atoms. The van der Waals surface area contributed by atoms with Gasteiger partial charge in [-0.05, 0) is 129 Å². The number of ketones is 2. The molecule has 21 heteroatoms. The van der Waals surface area contributed by atoms with Gasteiger partial charge in [0.2, 0.25) is 11.8 Å². The molecule has 15 nitrogen and oxygen atoms in total. The highest BCUT2D eigenvalue weighted by Gasteiger charge is 2.47. The molecule has 4 N–H and O–H groups in total. The van der Waals surface area contributed by atoms with E-state index in [1.807, 2.05) is 41.3 Å². The Labute approximate surface area is 507 Å². The number of nitrogens with two attached hydrogens (primary N) is 1. The van der Waals surface area contributed by atoms with Crippen LogP contribution in [0.15, 0.2) is 107 Å². The summed E-state index contributed by atoms with van der Waals surface area (Å²) in [4.78, 5) is 92.6. The second-order valence-electron chi connectivity index (χ2n) is 22.4. The minimum Gasteiger partial charge on any atom is -0.331 e. The number of carbonyl (C=O) groups excluding carboxylic acids is 4. The molecular weight excluding hydrogens is 1160 g/mol. The van der Waals surface area contributed by atoms with Gasteiger partial charge in [0, 0.05) is 93.1 Å². The third-order valence-corrected chi connectivity index (χ3v) is 19.3. The van der Waals surface area contributed by atoms with Gasteiger partial charge < -0.3 is 15.5 Å². The lowest BCUT2D eigenvalue weighted by atomic mass is 9.97. The van der Waals surface area contributed by atoms with Crippen LogP contribution < -0.4 is 15.5 Å². The monoisotopic (exact) mass is 1230 g/mol. The normalized spacial score (nSPS) is 22.0. The maximum atomic E-state index is 14.1. The van der Waals surface area contributed by atoms with Gasteiger partial charge in [0.15, 0.2) is 11.6 Å². The van der Waals surface area contributed by atoms with E-state index in [9.17, 15) is 28.8 Å². The second kappa shape index (κ2) is 29.1. The molecular formula is C61H71Cl4N9O6S2. The van der Waals surface area contributed by atoms with Crippen LogP contribution in [0.1, 0.15) is 105 Å². The van der Waals surface area contributed by atoms with E-state index in [0.717, 1.165) is 85.7 Å². The molecule has 0 radical (unpaired) electrons. The first kappa shape index (κ1) is 61.5. The largest absolute Gasteiger partial charge is 0.331 e. The number of nitrogens with zero attached hydrogens (tertiary/aromatic N) is 6. The number of Topliss-reactive ketones (excluding diaryl/α,β-unsaturated/α-hetero) is 2. The van der Waals surface area contributed by atoms with E-state index in [1.54, 1.807) is 29.2 Å². The van der Waals surface area contributed by atoms with Crippen LogP contribution in [-0.2, 0) is 57.7 Å². The van der Waals surface area contributed by atoms with Crippen LogP contribution in [0.5, 0.6) is 0 Å². The molecule has 2 aromatic heterocycles. The van der Waals surface area contributed by atoms with Crippen LogP contribution in [0.2, 0.25) is 20.1 Å². The quantitative estimate of drug-likeness (QED) is 0.0585. The number of nitrogens with one attached hydrogen (secondary N) is 2. The van der Waals surface area contributed by atoms with Crippen molar-refractivity contribution < 1.29 is 19.2 Å². The van der Waals surface area contributed by atoms with E-state index in [1.165, 1.54) is 11.1 Å². The molecule has 0 aliphatic carbocycles. The summed E-state index contributed by atoms with van der Waals surface area (Å²) in [6.45, 7) is 4.83. The van der Waals surface area contributed by atoms with Crippen molar-refractivity contribution in [2.24, 2.45) is 11.7 Å². The SMILES string of the molecule is C[C@@H]1C[C@H]2C(=O)N([C@H](CCc3nsc(=O)[nH]3)C(=O)CCc3ccc(Cl)c(Cl)c3)CCC(CCc3ccccc3)N2C1.N[C@@H]1C[C@H]2C(=O)N([C@H](CCc3nsc(=O)[nH]3)C(=O)CCc3ccc(Cl)c(Cl)c3)CCC(CCc3ccccc3)N2C1. The fourth-order valence-corrected chi connectivity index (χ4v) is 14.1. The first-order chi connectivity index (χ1) is 39.6. The minimum atomic E-state index is -0.623. The Morgan fingerprint density at radius 2 is 1.01 bits per heavy atom. The molecule has 4 aromatic carbocycles. The number of rotatable bonds is 22. The zero-order chi connectivity index (χ0) is 57.9. The van der Waals surface area contributed by atoms with E-state index >= 15 is 0 Å². The number of benzene rings is 4. The van der Waals surface area contributed by atoms with Crippen molar-refractivity contribution in [1.29, 1.82) is 0 Å². The second-order valence-corrected chi connectivity index (χ2v) is 25.5. The fourth-order valence-electron chi connectivity index (χ4n) is 12.5. The molecule has 82 heavy (non-hydrogen) atoms. The maximum absolute atomic E-state index is 14.1. The molecule has 4 fully saturated rings. The Morgan fingerprint density at radius 1 is 0.573 bits per heavy atom. The van der Waals surface area contributed by atoms with Crippen molar-refractivity contribution in [3.8, 4) is 0 Å². The highest BCUT2D eigenvalue weighted by atomic mass is 35.5. The van der Waals surface area contributed by atoms with Crippen LogP contribution >= 0.6 is 69.5 Å². The van der Waals surface area contributed by atoms with Crippen LogP contribution in [0, 0.1) is 5.92 Å². The molecule has 10 rings (SSSR count). The van der Waals surface area contributed by atoms with Crippen molar-refractivity contribution in [3.05, 3.63) is 170 Å².